The molecule has 9 nitrogen and oxygen atoms in total. The number of hydrogen-bond acceptors (Lipinski definition) is 9. The van der Waals surface area contributed by atoms with Crippen LogP contribution in [0.5, 0.6) is 0 Å². The van der Waals surface area contributed by atoms with Crippen LogP contribution in [0.25, 0.3) is 22.6 Å². The molecule has 1 aliphatic heterocycles. The highest BCUT2D eigenvalue weighted by molar-refractivity contribution is 7.98. The van der Waals surface area contributed by atoms with Crippen LogP contribution in [0, 0.1) is 0 Å². The Balaban J connectivity index is 1.97. The minimum atomic E-state index is 0.269. The van der Waals surface area contributed by atoms with Crippen LogP contribution < -0.4 is 10.6 Å². The van der Waals surface area contributed by atoms with Crippen molar-refractivity contribution in [2.45, 2.75) is 31.5 Å². The standard InChI is InChI=1S/C18H24N8OS/c1-4-11(2)26-16-15(23-18(26)28-3)14(12-9-21-13(19)10-20-12)22-17(24-16)25-5-7-27-8-6-25/h9-11H,4-8H2,1-3H3,(H2,19,21). The highest BCUT2D eigenvalue weighted by Crippen LogP contribution is 2.33. The predicted octanol–water partition coefficient (Wildman–Crippen LogP) is 2.40. The van der Waals surface area contributed by atoms with E-state index < -0.39 is 0 Å². The van der Waals surface area contributed by atoms with E-state index in [1.54, 1.807) is 24.2 Å². The SMILES string of the molecule is CCC(C)n1c(SC)nc2c(-c3cnc(N)cn3)nc(N3CCOCC3)nc21. The van der Waals surface area contributed by atoms with Crippen molar-refractivity contribution >= 4 is 34.7 Å². The van der Waals surface area contributed by atoms with E-state index in [1.165, 1.54) is 0 Å². The van der Waals surface area contributed by atoms with Gasteiger partial charge in [0.1, 0.15) is 22.7 Å². The van der Waals surface area contributed by atoms with Crippen LogP contribution >= 0.6 is 11.8 Å². The van der Waals surface area contributed by atoms with Gasteiger partial charge in [-0.05, 0) is 19.6 Å². The Morgan fingerprint density at radius 2 is 1.96 bits per heavy atom. The van der Waals surface area contributed by atoms with Gasteiger partial charge in [0.2, 0.25) is 5.95 Å². The number of morpholine rings is 1. The topological polar surface area (TPSA) is 108 Å². The maximum absolute atomic E-state index is 5.72. The van der Waals surface area contributed by atoms with Gasteiger partial charge >= 0.3 is 0 Å². The van der Waals surface area contributed by atoms with Crippen LogP contribution in [0.1, 0.15) is 26.3 Å². The van der Waals surface area contributed by atoms with Gasteiger partial charge in [-0.25, -0.2) is 19.9 Å². The van der Waals surface area contributed by atoms with Crippen LogP contribution in [0.2, 0.25) is 0 Å². The molecule has 3 aromatic heterocycles. The molecule has 0 spiro atoms. The Morgan fingerprint density at radius 1 is 1.18 bits per heavy atom. The van der Waals surface area contributed by atoms with E-state index in [0.29, 0.717) is 36.4 Å². The zero-order valence-electron chi connectivity index (χ0n) is 16.3. The molecule has 148 valence electrons. The molecule has 1 saturated heterocycles. The summed E-state index contributed by atoms with van der Waals surface area (Å²) < 4.78 is 7.68. The number of thioether (sulfide) groups is 1. The lowest BCUT2D eigenvalue weighted by atomic mass is 10.2. The fourth-order valence-electron chi connectivity index (χ4n) is 3.21. The van der Waals surface area contributed by atoms with Gasteiger partial charge in [0, 0.05) is 19.1 Å². The number of ether oxygens (including phenoxy) is 1. The Labute approximate surface area is 167 Å². The van der Waals surface area contributed by atoms with Crippen LogP contribution in [-0.4, -0.2) is 62.0 Å². The summed E-state index contributed by atoms with van der Waals surface area (Å²) in [5.41, 5.74) is 8.59. The second-order valence-electron chi connectivity index (χ2n) is 6.70. The summed E-state index contributed by atoms with van der Waals surface area (Å²) in [6, 6.07) is 0.269. The lowest BCUT2D eigenvalue weighted by Crippen LogP contribution is -2.37. The monoisotopic (exact) mass is 400 g/mol. The number of aromatic nitrogens is 6. The fourth-order valence-corrected chi connectivity index (χ4v) is 3.86. The second-order valence-corrected chi connectivity index (χ2v) is 7.47. The molecule has 4 heterocycles. The van der Waals surface area contributed by atoms with Crippen molar-refractivity contribution in [1.29, 1.82) is 0 Å². The normalized spacial score (nSPS) is 15.9. The molecule has 1 atom stereocenters. The van der Waals surface area contributed by atoms with E-state index in [1.807, 2.05) is 6.26 Å². The summed E-state index contributed by atoms with van der Waals surface area (Å²) in [5.74, 6) is 1.04. The van der Waals surface area contributed by atoms with Gasteiger partial charge in [-0.15, -0.1) is 0 Å². The maximum atomic E-state index is 5.72. The summed E-state index contributed by atoms with van der Waals surface area (Å²) in [4.78, 5) is 25.4. The third kappa shape index (κ3) is 3.37. The summed E-state index contributed by atoms with van der Waals surface area (Å²) in [6.45, 7) is 7.19. The lowest BCUT2D eigenvalue weighted by molar-refractivity contribution is 0.122. The van der Waals surface area contributed by atoms with E-state index in [-0.39, 0.29) is 6.04 Å². The Hall–Kier alpha value is -2.46. The highest BCUT2D eigenvalue weighted by atomic mass is 32.2. The average Bonchev–Trinajstić information content (AvgIpc) is 3.12. The van der Waals surface area contributed by atoms with Gasteiger partial charge in [0.25, 0.3) is 0 Å². The molecule has 0 amide bonds. The van der Waals surface area contributed by atoms with E-state index >= 15 is 0 Å². The first-order valence-electron chi connectivity index (χ1n) is 9.37. The van der Waals surface area contributed by atoms with Crippen molar-refractivity contribution in [2.75, 3.05) is 43.2 Å². The number of nitrogens with zero attached hydrogens (tertiary/aromatic N) is 7. The lowest BCUT2D eigenvalue weighted by Gasteiger charge is -2.27. The van der Waals surface area contributed by atoms with Crippen LogP contribution in [-0.2, 0) is 4.74 Å². The van der Waals surface area contributed by atoms with Crippen molar-refractivity contribution in [3.63, 3.8) is 0 Å². The molecule has 0 radical (unpaired) electrons. The molecule has 0 aromatic carbocycles. The van der Waals surface area contributed by atoms with Gasteiger partial charge in [-0.2, -0.15) is 4.98 Å². The molecule has 1 unspecified atom stereocenters. The van der Waals surface area contributed by atoms with Gasteiger partial charge in [-0.1, -0.05) is 18.7 Å². The number of fused-ring (bicyclic) bond motifs is 1. The minimum absolute atomic E-state index is 0.269. The first-order chi connectivity index (χ1) is 13.6. The largest absolute Gasteiger partial charge is 0.382 e. The molecule has 0 aliphatic carbocycles. The quantitative estimate of drug-likeness (QED) is 0.646. The molecule has 1 fully saturated rings. The number of hydrogen-bond donors (Lipinski definition) is 1. The number of anilines is 2. The molecule has 2 N–H and O–H groups in total. The van der Waals surface area contributed by atoms with Gasteiger partial charge < -0.3 is 19.9 Å². The molecule has 4 rings (SSSR count). The molecule has 0 bridgehead atoms. The number of rotatable bonds is 5. The van der Waals surface area contributed by atoms with Crippen molar-refractivity contribution in [2.24, 2.45) is 0 Å². The van der Waals surface area contributed by atoms with Crippen molar-refractivity contribution < 1.29 is 4.74 Å². The summed E-state index contributed by atoms with van der Waals surface area (Å²) in [7, 11) is 0. The summed E-state index contributed by atoms with van der Waals surface area (Å²) in [5, 5.41) is 0.919. The minimum Gasteiger partial charge on any atom is -0.382 e. The maximum Gasteiger partial charge on any atom is 0.228 e. The molecular weight excluding hydrogens is 376 g/mol. The van der Waals surface area contributed by atoms with Crippen molar-refractivity contribution in [3.05, 3.63) is 12.4 Å². The van der Waals surface area contributed by atoms with Crippen molar-refractivity contribution in [1.82, 2.24) is 29.5 Å². The first-order valence-corrected chi connectivity index (χ1v) is 10.6. The molecule has 3 aromatic rings. The highest BCUT2D eigenvalue weighted by Gasteiger charge is 2.24. The smallest absolute Gasteiger partial charge is 0.228 e. The first kappa shape index (κ1) is 18.9. The van der Waals surface area contributed by atoms with Gasteiger partial charge in [0.15, 0.2) is 10.8 Å². The van der Waals surface area contributed by atoms with E-state index in [4.69, 9.17) is 25.4 Å². The number of imidazole rings is 1. The Bertz CT molecular complexity index is 968. The van der Waals surface area contributed by atoms with Gasteiger partial charge in [-0.3, -0.25) is 0 Å². The van der Waals surface area contributed by atoms with E-state index in [0.717, 1.165) is 35.8 Å². The third-order valence-corrected chi connectivity index (χ3v) is 5.57. The molecule has 0 saturated carbocycles. The van der Waals surface area contributed by atoms with E-state index in [2.05, 4.69) is 33.3 Å². The molecule has 28 heavy (non-hydrogen) atoms. The van der Waals surface area contributed by atoms with Crippen LogP contribution in [0.15, 0.2) is 17.6 Å². The van der Waals surface area contributed by atoms with Crippen LogP contribution in [0.4, 0.5) is 11.8 Å². The van der Waals surface area contributed by atoms with Crippen LogP contribution in [0.3, 0.4) is 0 Å². The Kier molecular flexibility index (Phi) is 5.31. The third-order valence-electron chi connectivity index (χ3n) is 4.92. The Morgan fingerprint density at radius 3 is 2.61 bits per heavy atom. The number of nitrogen functional groups attached to an aromatic ring is 1. The average molecular weight is 401 g/mol. The number of nitrogens with two attached hydrogens (primary N) is 1. The molecular formula is C18H24N8OS. The fraction of sp³-hybridized carbons (Fsp3) is 0.500. The van der Waals surface area contributed by atoms with Crippen molar-refractivity contribution in [3.8, 4) is 11.4 Å². The summed E-state index contributed by atoms with van der Waals surface area (Å²) >= 11 is 1.61. The zero-order valence-corrected chi connectivity index (χ0v) is 17.1. The molecule has 1 aliphatic rings. The summed E-state index contributed by atoms with van der Waals surface area (Å²) in [6.07, 6.45) is 6.19. The van der Waals surface area contributed by atoms with E-state index in [9.17, 15) is 0 Å². The second kappa shape index (κ2) is 7.88. The zero-order chi connectivity index (χ0) is 19.7. The predicted molar refractivity (Wildman–Crippen MR) is 111 cm³/mol. The van der Waals surface area contributed by atoms with Gasteiger partial charge in [0.05, 0.1) is 25.6 Å². The molecule has 10 heteroatoms.